The molecule has 1 saturated heterocycles. The Morgan fingerprint density at radius 2 is 1.86 bits per heavy atom. The standard InChI is InChI=1S/C30H32N4O3/c1-34(24-11-16-36-17-12-24)15-18-37-25-6-4-5-22(19-25)21-32-30(35)27-20-29(23-9-13-31-14-10-23)33-28-8-3-2-7-26(27)28/h2-10,13-14,19-20,24H,11-12,15-18,21H2,1H3,(H,32,35). The van der Waals surface area contributed by atoms with Crippen LogP contribution in [-0.2, 0) is 11.3 Å². The van der Waals surface area contributed by atoms with Gasteiger partial charge in [-0.2, -0.15) is 0 Å². The van der Waals surface area contributed by atoms with Crippen molar-refractivity contribution in [3.8, 4) is 17.0 Å². The van der Waals surface area contributed by atoms with E-state index in [4.69, 9.17) is 14.5 Å². The molecule has 2 aromatic carbocycles. The van der Waals surface area contributed by atoms with Crippen LogP contribution in [0.2, 0.25) is 0 Å². The normalized spacial score (nSPS) is 14.1. The molecule has 1 N–H and O–H groups in total. The first-order valence-corrected chi connectivity index (χ1v) is 12.8. The Kier molecular flexibility index (Phi) is 8.03. The van der Waals surface area contributed by atoms with Gasteiger partial charge in [-0.1, -0.05) is 30.3 Å². The van der Waals surface area contributed by atoms with Crippen molar-refractivity contribution in [2.75, 3.05) is 33.4 Å². The largest absolute Gasteiger partial charge is 0.492 e. The Hall–Kier alpha value is -3.81. The van der Waals surface area contributed by atoms with Crippen LogP contribution in [0.4, 0.5) is 0 Å². The highest BCUT2D eigenvalue weighted by atomic mass is 16.5. The Labute approximate surface area is 217 Å². The molecule has 7 nitrogen and oxygen atoms in total. The van der Waals surface area contributed by atoms with Crippen LogP contribution in [-0.4, -0.2) is 60.2 Å². The van der Waals surface area contributed by atoms with Gasteiger partial charge in [-0.3, -0.25) is 14.7 Å². The van der Waals surface area contributed by atoms with Crippen molar-refractivity contribution in [3.63, 3.8) is 0 Å². The van der Waals surface area contributed by atoms with Gasteiger partial charge in [0.15, 0.2) is 0 Å². The highest BCUT2D eigenvalue weighted by Gasteiger charge is 2.18. The maximum Gasteiger partial charge on any atom is 0.252 e. The highest BCUT2D eigenvalue weighted by Crippen LogP contribution is 2.25. The van der Waals surface area contributed by atoms with Crippen molar-refractivity contribution >= 4 is 16.8 Å². The van der Waals surface area contributed by atoms with E-state index < -0.39 is 0 Å². The second-order valence-electron chi connectivity index (χ2n) is 9.31. The van der Waals surface area contributed by atoms with Gasteiger partial charge in [0.1, 0.15) is 12.4 Å². The average Bonchev–Trinajstić information content (AvgIpc) is 2.96. The number of nitrogens with zero attached hydrogens (tertiary/aromatic N) is 3. The number of para-hydroxylation sites is 1. The fourth-order valence-electron chi connectivity index (χ4n) is 4.67. The predicted octanol–water partition coefficient (Wildman–Crippen LogP) is 4.72. The first-order valence-electron chi connectivity index (χ1n) is 12.8. The number of fused-ring (bicyclic) bond motifs is 1. The number of likely N-dealkylation sites (N-methyl/N-ethyl adjacent to an activating group) is 1. The molecule has 1 fully saturated rings. The molecule has 1 amide bonds. The molecule has 37 heavy (non-hydrogen) atoms. The fraction of sp³-hybridized carbons (Fsp3) is 0.300. The van der Waals surface area contributed by atoms with E-state index in [9.17, 15) is 4.79 Å². The van der Waals surface area contributed by atoms with E-state index in [0.29, 0.717) is 24.8 Å². The number of carbonyl (C=O) groups is 1. The lowest BCUT2D eigenvalue weighted by Crippen LogP contribution is -2.38. The van der Waals surface area contributed by atoms with Crippen LogP contribution >= 0.6 is 0 Å². The summed E-state index contributed by atoms with van der Waals surface area (Å²) < 4.78 is 11.5. The third-order valence-corrected chi connectivity index (χ3v) is 6.82. The van der Waals surface area contributed by atoms with Crippen molar-refractivity contribution in [2.45, 2.75) is 25.4 Å². The molecule has 5 rings (SSSR count). The van der Waals surface area contributed by atoms with Crippen LogP contribution in [0.25, 0.3) is 22.2 Å². The number of nitrogens with one attached hydrogen (secondary N) is 1. The van der Waals surface area contributed by atoms with Crippen molar-refractivity contribution in [1.29, 1.82) is 0 Å². The van der Waals surface area contributed by atoms with Gasteiger partial charge in [0.05, 0.1) is 16.8 Å². The molecule has 0 unspecified atom stereocenters. The van der Waals surface area contributed by atoms with Crippen LogP contribution in [0.3, 0.4) is 0 Å². The molecule has 0 saturated carbocycles. The molecular formula is C30H32N4O3. The van der Waals surface area contributed by atoms with E-state index in [1.54, 1.807) is 12.4 Å². The van der Waals surface area contributed by atoms with Crippen LogP contribution in [0.5, 0.6) is 5.75 Å². The lowest BCUT2D eigenvalue weighted by Gasteiger charge is -2.31. The summed E-state index contributed by atoms with van der Waals surface area (Å²) in [5, 5.41) is 3.90. The van der Waals surface area contributed by atoms with E-state index in [0.717, 1.165) is 66.1 Å². The summed E-state index contributed by atoms with van der Waals surface area (Å²) in [6, 6.07) is 21.8. The number of amides is 1. The van der Waals surface area contributed by atoms with Gasteiger partial charge >= 0.3 is 0 Å². The van der Waals surface area contributed by atoms with Gasteiger partial charge in [-0.25, -0.2) is 4.98 Å². The van der Waals surface area contributed by atoms with Crippen LogP contribution in [0, 0.1) is 0 Å². The lowest BCUT2D eigenvalue weighted by atomic mass is 10.0. The molecule has 4 aromatic rings. The molecule has 1 aliphatic rings. The predicted molar refractivity (Wildman–Crippen MR) is 145 cm³/mol. The van der Waals surface area contributed by atoms with E-state index in [1.165, 1.54) is 0 Å². The molecule has 190 valence electrons. The molecule has 0 bridgehead atoms. The summed E-state index contributed by atoms with van der Waals surface area (Å²) in [6.07, 6.45) is 5.60. The lowest BCUT2D eigenvalue weighted by molar-refractivity contribution is 0.0392. The van der Waals surface area contributed by atoms with Crippen molar-refractivity contribution in [1.82, 2.24) is 20.2 Å². The maximum absolute atomic E-state index is 13.3. The SMILES string of the molecule is CN(CCOc1cccc(CNC(=O)c2cc(-c3ccncc3)nc3ccccc23)c1)C1CCOCC1. The number of benzene rings is 2. The molecule has 0 spiro atoms. The molecule has 7 heteroatoms. The zero-order valence-electron chi connectivity index (χ0n) is 21.1. The number of hydrogen-bond acceptors (Lipinski definition) is 6. The summed E-state index contributed by atoms with van der Waals surface area (Å²) in [7, 11) is 2.15. The third-order valence-electron chi connectivity index (χ3n) is 6.82. The summed E-state index contributed by atoms with van der Waals surface area (Å²) >= 11 is 0. The van der Waals surface area contributed by atoms with E-state index in [2.05, 4.69) is 22.2 Å². The Balaban J connectivity index is 1.23. The minimum atomic E-state index is -0.140. The topological polar surface area (TPSA) is 76.6 Å². The zero-order chi connectivity index (χ0) is 25.5. The third kappa shape index (κ3) is 6.31. The van der Waals surface area contributed by atoms with E-state index in [1.807, 2.05) is 66.7 Å². The van der Waals surface area contributed by atoms with Crippen LogP contribution < -0.4 is 10.1 Å². The number of aromatic nitrogens is 2. The van der Waals surface area contributed by atoms with Gasteiger partial charge in [0.25, 0.3) is 5.91 Å². The van der Waals surface area contributed by atoms with Crippen LogP contribution in [0.1, 0.15) is 28.8 Å². The first kappa shape index (κ1) is 24.9. The minimum absolute atomic E-state index is 0.140. The quantitative estimate of drug-likeness (QED) is 0.362. The highest BCUT2D eigenvalue weighted by molar-refractivity contribution is 6.07. The summed E-state index contributed by atoms with van der Waals surface area (Å²) in [6.45, 7) is 3.55. The van der Waals surface area contributed by atoms with Crippen molar-refractivity contribution in [2.24, 2.45) is 0 Å². The van der Waals surface area contributed by atoms with Gasteiger partial charge in [0, 0.05) is 55.7 Å². The number of carbonyl (C=O) groups excluding carboxylic acids is 1. The first-order chi connectivity index (χ1) is 18.2. The molecule has 2 aromatic heterocycles. The Morgan fingerprint density at radius 3 is 2.70 bits per heavy atom. The van der Waals surface area contributed by atoms with Gasteiger partial charge < -0.3 is 14.8 Å². The molecular weight excluding hydrogens is 464 g/mol. The number of rotatable bonds is 9. The second kappa shape index (κ2) is 12.0. The van der Waals surface area contributed by atoms with Gasteiger partial charge in [0.2, 0.25) is 0 Å². The number of pyridine rings is 2. The Bertz CT molecular complexity index is 1340. The van der Waals surface area contributed by atoms with Crippen molar-refractivity contribution in [3.05, 3.63) is 90.3 Å². The summed E-state index contributed by atoms with van der Waals surface area (Å²) in [5.74, 6) is 0.666. The fourth-order valence-corrected chi connectivity index (χ4v) is 4.67. The van der Waals surface area contributed by atoms with E-state index in [-0.39, 0.29) is 5.91 Å². The molecule has 0 radical (unpaired) electrons. The smallest absolute Gasteiger partial charge is 0.252 e. The summed E-state index contributed by atoms with van der Waals surface area (Å²) in [5.41, 5.74) is 4.02. The summed E-state index contributed by atoms with van der Waals surface area (Å²) in [4.78, 5) is 24.5. The number of ether oxygens (including phenoxy) is 2. The molecule has 1 aliphatic heterocycles. The van der Waals surface area contributed by atoms with Gasteiger partial charge in [-0.15, -0.1) is 0 Å². The van der Waals surface area contributed by atoms with E-state index >= 15 is 0 Å². The Morgan fingerprint density at radius 1 is 1.05 bits per heavy atom. The molecule has 0 atom stereocenters. The average molecular weight is 497 g/mol. The maximum atomic E-state index is 13.3. The van der Waals surface area contributed by atoms with Crippen LogP contribution in [0.15, 0.2) is 79.1 Å². The zero-order valence-corrected chi connectivity index (χ0v) is 21.1. The molecule has 3 heterocycles. The van der Waals surface area contributed by atoms with Gasteiger partial charge in [-0.05, 0) is 61.9 Å². The minimum Gasteiger partial charge on any atom is -0.492 e. The number of hydrogen-bond donors (Lipinski definition) is 1. The van der Waals surface area contributed by atoms with Crippen molar-refractivity contribution < 1.29 is 14.3 Å². The monoisotopic (exact) mass is 496 g/mol. The second-order valence-corrected chi connectivity index (χ2v) is 9.31. The molecule has 0 aliphatic carbocycles.